The summed E-state index contributed by atoms with van der Waals surface area (Å²) >= 11 is 0. The van der Waals surface area contributed by atoms with Crippen molar-refractivity contribution >= 4 is 23.2 Å². The van der Waals surface area contributed by atoms with Gasteiger partial charge in [-0.3, -0.25) is 4.79 Å². The molecule has 0 atom stereocenters. The van der Waals surface area contributed by atoms with Crippen molar-refractivity contribution in [3.63, 3.8) is 0 Å². The molecule has 1 aromatic heterocycles. The van der Waals surface area contributed by atoms with E-state index >= 15 is 0 Å². The monoisotopic (exact) mass is 298 g/mol. The number of anilines is 3. The number of aromatic nitrogens is 2. The highest BCUT2D eigenvalue weighted by molar-refractivity contribution is 5.95. The molecule has 0 saturated carbocycles. The van der Waals surface area contributed by atoms with Crippen LogP contribution in [0.15, 0.2) is 30.3 Å². The first-order valence-corrected chi connectivity index (χ1v) is 7.25. The standard InChI is InChI=1S/C17H22N4O/c1-11-9-15(20-16(18-11)21-17(3,4)5)19-14-8-6-7-13(10-14)12(2)22/h6-10H,1-5H3,(H2,18,19,20,21). The molecule has 2 rings (SSSR count). The van der Waals surface area contributed by atoms with Crippen molar-refractivity contribution in [3.8, 4) is 0 Å². The van der Waals surface area contributed by atoms with Gasteiger partial charge in [0.2, 0.25) is 5.95 Å². The van der Waals surface area contributed by atoms with Crippen LogP contribution in [0.1, 0.15) is 43.7 Å². The summed E-state index contributed by atoms with van der Waals surface area (Å²) in [6.45, 7) is 9.65. The molecule has 0 unspecified atom stereocenters. The smallest absolute Gasteiger partial charge is 0.225 e. The number of rotatable bonds is 4. The zero-order valence-electron chi connectivity index (χ0n) is 13.7. The molecule has 22 heavy (non-hydrogen) atoms. The molecule has 0 aliphatic heterocycles. The van der Waals surface area contributed by atoms with Crippen LogP contribution >= 0.6 is 0 Å². The van der Waals surface area contributed by atoms with Crippen LogP contribution in [0.5, 0.6) is 0 Å². The van der Waals surface area contributed by atoms with Crippen LogP contribution in [0, 0.1) is 6.92 Å². The molecule has 5 nitrogen and oxygen atoms in total. The predicted octanol–water partition coefficient (Wildman–Crippen LogP) is 3.94. The second kappa shape index (κ2) is 6.13. The Labute approximate surface area is 131 Å². The normalized spacial score (nSPS) is 11.1. The molecule has 1 aromatic carbocycles. The highest BCUT2D eigenvalue weighted by atomic mass is 16.1. The van der Waals surface area contributed by atoms with E-state index in [1.165, 1.54) is 0 Å². The largest absolute Gasteiger partial charge is 0.350 e. The van der Waals surface area contributed by atoms with Gasteiger partial charge in [-0.15, -0.1) is 0 Å². The van der Waals surface area contributed by atoms with Crippen LogP contribution in [-0.2, 0) is 0 Å². The van der Waals surface area contributed by atoms with Gasteiger partial charge < -0.3 is 10.6 Å². The van der Waals surface area contributed by atoms with Gasteiger partial charge in [0.15, 0.2) is 5.78 Å². The fourth-order valence-electron chi connectivity index (χ4n) is 1.99. The topological polar surface area (TPSA) is 66.9 Å². The lowest BCUT2D eigenvalue weighted by atomic mass is 10.1. The maximum Gasteiger partial charge on any atom is 0.225 e. The summed E-state index contributed by atoms with van der Waals surface area (Å²) in [5.74, 6) is 1.32. The SMILES string of the molecule is CC(=O)c1cccc(Nc2cc(C)nc(NC(C)(C)C)n2)c1. The highest BCUT2D eigenvalue weighted by Crippen LogP contribution is 2.19. The fraction of sp³-hybridized carbons (Fsp3) is 0.353. The van der Waals surface area contributed by atoms with E-state index in [4.69, 9.17) is 0 Å². The third-order valence-electron chi connectivity index (χ3n) is 2.88. The number of ketones is 1. The lowest BCUT2D eigenvalue weighted by molar-refractivity contribution is 0.101. The Hall–Kier alpha value is -2.43. The zero-order valence-corrected chi connectivity index (χ0v) is 13.7. The molecule has 0 saturated heterocycles. The van der Waals surface area contributed by atoms with Crippen molar-refractivity contribution in [1.82, 2.24) is 9.97 Å². The molecular weight excluding hydrogens is 276 g/mol. The van der Waals surface area contributed by atoms with Crippen LogP contribution < -0.4 is 10.6 Å². The van der Waals surface area contributed by atoms with Crippen LogP contribution in [0.25, 0.3) is 0 Å². The van der Waals surface area contributed by atoms with E-state index in [9.17, 15) is 4.79 Å². The first-order chi connectivity index (χ1) is 10.2. The third kappa shape index (κ3) is 4.55. The first kappa shape index (κ1) is 15.9. The maximum atomic E-state index is 11.5. The van der Waals surface area contributed by atoms with Gasteiger partial charge in [-0.2, -0.15) is 4.98 Å². The quantitative estimate of drug-likeness (QED) is 0.837. The average molecular weight is 298 g/mol. The average Bonchev–Trinajstić information content (AvgIpc) is 2.36. The molecule has 0 aliphatic carbocycles. The Morgan fingerprint density at radius 3 is 2.50 bits per heavy atom. The fourth-order valence-corrected chi connectivity index (χ4v) is 1.99. The minimum absolute atomic E-state index is 0.0395. The molecule has 1 heterocycles. The number of hydrogen-bond donors (Lipinski definition) is 2. The van der Waals surface area contributed by atoms with E-state index in [1.54, 1.807) is 13.0 Å². The number of nitrogens with one attached hydrogen (secondary N) is 2. The molecule has 0 aliphatic rings. The summed E-state index contributed by atoms with van der Waals surface area (Å²) in [6.07, 6.45) is 0. The minimum Gasteiger partial charge on any atom is -0.350 e. The molecule has 0 bridgehead atoms. The number of carbonyl (C=O) groups excluding carboxylic acids is 1. The first-order valence-electron chi connectivity index (χ1n) is 7.25. The van der Waals surface area contributed by atoms with Gasteiger partial charge in [0.05, 0.1) is 0 Å². The summed E-state index contributed by atoms with van der Waals surface area (Å²) in [7, 11) is 0. The highest BCUT2D eigenvalue weighted by Gasteiger charge is 2.12. The van der Waals surface area contributed by atoms with Crippen LogP contribution in [0.2, 0.25) is 0 Å². The van der Waals surface area contributed by atoms with Crippen molar-refractivity contribution in [2.45, 2.75) is 40.2 Å². The molecule has 0 spiro atoms. The number of hydrogen-bond acceptors (Lipinski definition) is 5. The zero-order chi connectivity index (χ0) is 16.3. The van der Waals surface area contributed by atoms with Crippen LogP contribution in [0.4, 0.5) is 17.5 Å². The second-order valence-electron chi connectivity index (χ2n) is 6.36. The van der Waals surface area contributed by atoms with Gasteiger partial charge in [0.25, 0.3) is 0 Å². The van der Waals surface area contributed by atoms with Gasteiger partial charge in [0.1, 0.15) is 5.82 Å². The lowest BCUT2D eigenvalue weighted by Gasteiger charge is -2.21. The number of Topliss-reactive ketones (excluding diaryl/α,β-unsaturated/α-hetero) is 1. The molecule has 0 radical (unpaired) electrons. The van der Waals surface area contributed by atoms with E-state index in [0.717, 1.165) is 11.4 Å². The summed E-state index contributed by atoms with van der Waals surface area (Å²) in [5, 5.41) is 6.48. The van der Waals surface area contributed by atoms with Crippen LogP contribution in [0.3, 0.4) is 0 Å². The molecular formula is C17H22N4O. The van der Waals surface area contributed by atoms with E-state index in [2.05, 4.69) is 41.4 Å². The Balaban J connectivity index is 2.26. The van der Waals surface area contributed by atoms with Crippen molar-refractivity contribution in [2.75, 3.05) is 10.6 Å². The number of aryl methyl sites for hydroxylation is 1. The molecule has 5 heteroatoms. The summed E-state index contributed by atoms with van der Waals surface area (Å²) < 4.78 is 0. The number of nitrogens with zero attached hydrogens (tertiary/aromatic N) is 2. The number of carbonyl (C=O) groups is 1. The van der Waals surface area contributed by atoms with E-state index < -0.39 is 0 Å². The van der Waals surface area contributed by atoms with Gasteiger partial charge in [-0.1, -0.05) is 12.1 Å². The van der Waals surface area contributed by atoms with Crippen LogP contribution in [-0.4, -0.2) is 21.3 Å². The Morgan fingerprint density at radius 2 is 1.86 bits per heavy atom. The van der Waals surface area contributed by atoms with E-state index in [0.29, 0.717) is 17.3 Å². The van der Waals surface area contributed by atoms with Gasteiger partial charge in [-0.25, -0.2) is 4.98 Å². The lowest BCUT2D eigenvalue weighted by Crippen LogP contribution is -2.27. The Bertz CT molecular complexity index is 689. The van der Waals surface area contributed by atoms with Crippen molar-refractivity contribution in [1.29, 1.82) is 0 Å². The molecule has 2 N–H and O–H groups in total. The summed E-state index contributed by atoms with van der Waals surface area (Å²) in [4.78, 5) is 20.3. The Kier molecular flexibility index (Phi) is 4.45. The van der Waals surface area contributed by atoms with Gasteiger partial charge >= 0.3 is 0 Å². The molecule has 2 aromatic rings. The van der Waals surface area contributed by atoms with Gasteiger partial charge in [-0.05, 0) is 46.8 Å². The molecule has 0 fully saturated rings. The van der Waals surface area contributed by atoms with E-state index in [-0.39, 0.29) is 11.3 Å². The van der Waals surface area contributed by atoms with E-state index in [1.807, 2.05) is 31.2 Å². The predicted molar refractivity (Wildman–Crippen MR) is 89.9 cm³/mol. The summed E-state index contributed by atoms with van der Waals surface area (Å²) in [5.41, 5.74) is 2.25. The second-order valence-corrected chi connectivity index (χ2v) is 6.36. The van der Waals surface area contributed by atoms with Crippen molar-refractivity contribution < 1.29 is 4.79 Å². The number of benzene rings is 1. The van der Waals surface area contributed by atoms with Gasteiger partial charge in [0, 0.05) is 28.6 Å². The summed E-state index contributed by atoms with van der Waals surface area (Å²) in [6, 6.07) is 9.23. The van der Waals surface area contributed by atoms with Crippen molar-refractivity contribution in [3.05, 3.63) is 41.6 Å². The minimum atomic E-state index is -0.111. The maximum absolute atomic E-state index is 11.5. The molecule has 0 amide bonds. The van der Waals surface area contributed by atoms with Crippen molar-refractivity contribution in [2.24, 2.45) is 0 Å². The Morgan fingerprint density at radius 1 is 1.14 bits per heavy atom. The third-order valence-corrected chi connectivity index (χ3v) is 2.88. The molecule has 116 valence electrons.